The molecule has 2 rings (SSSR count). The van der Waals surface area contributed by atoms with Gasteiger partial charge in [-0.15, -0.1) is 0 Å². The van der Waals surface area contributed by atoms with E-state index in [0.29, 0.717) is 29.3 Å². The molecule has 0 bridgehead atoms. The predicted molar refractivity (Wildman–Crippen MR) is 106 cm³/mol. The predicted octanol–water partition coefficient (Wildman–Crippen LogP) is 4.60. The topological polar surface area (TPSA) is 63.2 Å². The summed E-state index contributed by atoms with van der Waals surface area (Å²) in [5.41, 5.74) is 1.74. The monoisotopic (exact) mass is 413 g/mol. The van der Waals surface area contributed by atoms with Crippen LogP contribution in [0.4, 0.5) is 0 Å². The second kappa shape index (κ2) is 8.89. The molecule has 0 saturated carbocycles. The molecule has 0 radical (unpaired) electrons. The van der Waals surface area contributed by atoms with Crippen LogP contribution >= 0.6 is 23.2 Å². The van der Waals surface area contributed by atoms with Crippen molar-refractivity contribution in [1.82, 2.24) is 5.32 Å². The zero-order valence-electron chi connectivity index (χ0n) is 14.6. The van der Waals surface area contributed by atoms with Crippen LogP contribution < -0.4 is 5.32 Å². The summed E-state index contributed by atoms with van der Waals surface area (Å²) in [4.78, 5) is 12.6. The highest BCUT2D eigenvalue weighted by molar-refractivity contribution is 7.90. The lowest BCUT2D eigenvalue weighted by Gasteiger charge is -2.18. The molecule has 2 aromatic carbocycles. The molecule has 4 nitrogen and oxygen atoms in total. The van der Waals surface area contributed by atoms with Gasteiger partial charge in [-0.05, 0) is 48.2 Å². The first-order valence-corrected chi connectivity index (χ1v) is 10.9. The van der Waals surface area contributed by atoms with Gasteiger partial charge >= 0.3 is 0 Å². The number of sulfone groups is 1. The van der Waals surface area contributed by atoms with Crippen molar-refractivity contribution in [2.75, 3.05) is 6.26 Å². The maximum Gasteiger partial charge on any atom is 0.220 e. The van der Waals surface area contributed by atoms with E-state index in [1.54, 1.807) is 36.4 Å². The Morgan fingerprint density at radius 3 is 2.31 bits per heavy atom. The first-order chi connectivity index (χ1) is 12.2. The van der Waals surface area contributed by atoms with Crippen LogP contribution in [-0.4, -0.2) is 20.6 Å². The minimum absolute atomic E-state index is 0.0879. The minimum Gasteiger partial charge on any atom is -0.349 e. The SMILES string of the molecule is CC[C@H](NC(=O)CCc1ccc(Cl)cc1Cl)c1ccc(S(C)(=O)=O)cc1. The van der Waals surface area contributed by atoms with E-state index in [1.165, 1.54) is 6.26 Å². The number of hydrogen-bond acceptors (Lipinski definition) is 3. The van der Waals surface area contributed by atoms with E-state index in [1.807, 2.05) is 13.0 Å². The highest BCUT2D eigenvalue weighted by atomic mass is 35.5. The van der Waals surface area contributed by atoms with E-state index in [0.717, 1.165) is 11.1 Å². The molecule has 0 unspecified atom stereocenters. The fourth-order valence-electron chi connectivity index (χ4n) is 2.61. The van der Waals surface area contributed by atoms with Gasteiger partial charge in [0, 0.05) is 22.7 Å². The Bertz CT molecular complexity index is 880. The van der Waals surface area contributed by atoms with Gasteiger partial charge in [-0.1, -0.05) is 48.3 Å². The van der Waals surface area contributed by atoms with Gasteiger partial charge in [-0.3, -0.25) is 4.79 Å². The summed E-state index contributed by atoms with van der Waals surface area (Å²) in [5.74, 6) is -0.0879. The van der Waals surface area contributed by atoms with Crippen molar-refractivity contribution in [3.05, 3.63) is 63.6 Å². The first-order valence-electron chi connectivity index (χ1n) is 8.24. The van der Waals surface area contributed by atoms with Gasteiger partial charge in [-0.2, -0.15) is 0 Å². The molecular weight excluding hydrogens is 393 g/mol. The Kier molecular flexibility index (Phi) is 7.09. The van der Waals surface area contributed by atoms with Gasteiger partial charge in [0.15, 0.2) is 9.84 Å². The zero-order valence-corrected chi connectivity index (χ0v) is 17.0. The molecule has 0 fully saturated rings. The Balaban J connectivity index is 1.99. The number of rotatable bonds is 7. The van der Waals surface area contributed by atoms with Crippen LogP contribution in [0.2, 0.25) is 10.0 Å². The number of carbonyl (C=O) groups is 1. The standard InChI is InChI=1S/C19H21Cl2NO3S/c1-3-18(14-5-9-16(10-6-14)26(2,24)25)22-19(23)11-7-13-4-8-15(20)12-17(13)21/h4-6,8-10,12,18H,3,7,11H2,1-2H3,(H,22,23)/t18-/m0/s1. The molecule has 0 aliphatic carbocycles. The molecular formula is C19H21Cl2NO3S. The van der Waals surface area contributed by atoms with Crippen LogP contribution in [0.15, 0.2) is 47.4 Å². The van der Waals surface area contributed by atoms with E-state index in [2.05, 4.69) is 5.32 Å². The lowest BCUT2D eigenvalue weighted by molar-refractivity contribution is -0.121. The van der Waals surface area contributed by atoms with Gasteiger partial charge in [0.05, 0.1) is 10.9 Å². The Labute approximate surface area is 164 Å². The van der Waals surface area contributed by atoms with E-state index in [-0.39, 0.29) is 16.8 Å². The fraction of sp³-hybridized carbons (Fsp3) is 0.316. The molecule has 26 heavy (non-hydrogen) atoms. The highest BCUT2D eigenvalue weighted by Gasteiger charge is 2.15. The average molecular weight is 414 g/mol. The van der Waals surface area contributed by atoms with Crippen molar-refractivity contribution in [3.8, 4) is 0 Å². The lowest BCUT2D eigenvalue weighted by atomic mass is 10.0. The van der Waals surface area contributed by atoms with Crippen LogP contribution in [0.25, 0.3) is 0 Å². The van der Waals surface area contributed by atoms with Crippen molar-refractivity contribution in [1.29, 1.82) is 0 Å². The van der Waals surface area contributed by atoms with Gasteiger partial charge in [0.1, 0.15) is 0 Å². The van der Waals surface area contributed by atoms with Crippen molar-refractivity contribution >= 4 is 38.9 Å². The largest absolute Gasteiger partial charge is 0.349 e. The quantitative estimate of drug-likeness (QED) is 0.721. The third-order valence-corrected chi connectivity index (χ3v) is 5.81. The third kappa shape index (κ3) is 5.73. The number of benzene rings is 2. The van der Waals surface area contributed by atoms with Crippen LogP contribution in [0.1, 0.15) is 36.9 Å². The molecule has 1 N–H and O–H groups in total. The second-order valence-corrected chi connectivity index (χ2v) is 8.96. The number of nitrogens with one attached hydrogen (secondary N) is 1. The van der Waals surface area contributed by atoms with Crippen molar-refractivity contribution in [3.63, 3.8) is 0 Å². The van der Waals surface area contributed by atoms with Crippen LogP contribution in [-0.2, 0) is 21.1 Å². The molecule has 0 saturated heterocycles. The van der Waals surface area contributed by atoms with E-state index >= 15 is 0 Å². The number of carbonyl (C=O) groups excluding carboxylic acids is 1. The summed E-state index contributed by atoms with van der Waals surface area (Å²) < 4.78 is 23.1. The maximum atomic E-state index is 12.3. The fourth-order valence-corrected chi connectivity index (χ4v) is 3.74. The summed E-state index contributed by atoms with van der Waals surface area (Å²) >= 11 is 12.0. The van der Waals surface area contributed by atoms with E-state index < -0.39 is 9.84 Å². The van der Waals surface area contributed by atoms with Crippen molar-refractivity contribution < 1.29 is 13.2 Å². The molecule has 0 spiro atoms. The molecule has 0 aliphatic heterocycles. The molecule has 7 heteroatoms. The summed E-state index contributed by atoms with van der Waals surface area (Å²) in [6.45, 7) is 1.96. The number of aryl methyl sites for hydroxylation is 1. The van der Waals surface area contributed by atoms with E-state index in [4.69, 9.17) is 23.2 Å². The molecule has 1 amide bonds. The second-order valence-electron chi connectivity index (χ2n) is 6.11. The highest BCUT2D eigenvalue weighted by Crippen LogP contribution is 2.23. The van der Waals surface area contributed by atoms with Crippen LogP contribution in [0.5, 0.6) is 0 Å². The molecule has 1 atom stereocenters. The van der Waals surface area contributed by atoms with E-state index in [9.17, 15) is 13.2 Å². The van der Waals surface area contributed by atoms with Gasteiger partial charge in [-0.25, -0.2) is 8.42 Å². The number of amides is 1. The number of hydrogen-bond donors (Lipinski definition) is 1. The van der Waals surface area contributed by atoms with Gasteiger partial charge in [0.2, 0.25) is 5.91 Å². The zero-order chi connectivity index (χ0) is 19.3. The van der Waals surface area contributed by atoms with Gasteiger partial charge in [0.25, 0.3) is 0 Å². The van der Waals surface area contributed by atoms with Crippen molar-refractivity contribution in [2.24, 2.45) is 0 Å². The normalized spacial score (nSPS) is 12.6. The average Bonchev–Trinajstić information content (AvgIpc) is 2.58. The van der Waals surface area contributed by atoms with Crippen LogP contribution in [0, 0.1) is 0 Å². The minimum atomic E-state index is -3.23. The van der Waals surface area contributed by atoms with Crippen LogP contribution in [0.3, 0.4) is 0 Å². The summed E-state index contributed by atoms with van der Waals surface area (Å²) in [5, 5.41) is 4.10. The Hall–Kier alpha value is -1.56. The Morgan fingerprint density at radius 1 is 1.12 bits per heavy atom. The molecule has 0 aliphatic rings. The number of halogens is 2. The van der Waals surface area contributed by atoms with Gasteiger partial charge < -0.3 is 5.32 Å². The molecule has 2 aromatic rings. The lowest BCUT2D eigenvalue weighted by Crippen LogP contribution is -2.28. The molecule has 140 valence electrons. The summed E-state index contributed by atoms with van der Waals surface area (Å²) in [6.07, 6.45) is 2.69. The summed E-state index contributed by atoms with van der Waals surface area (Å²) in [6, 6.07) is 11.7. The smallest absolute Gasteiger partial charge is 0.220 e. The molecule has 0 heterocycles. The molecule has 0 aromatic heterocycles. The first kappa shape index (κ1) is 20.7. The maximum absolute atomic E-state index is 12.3. The third-order valence-electron chi connectivity index (χ3n) is 4.09. The summed E-state index contributed by atoms with van der Waals surface area (Å²) in [7, 11) is -3.23. The van der Waals surface area contributed by atoms with Crippen molar-refractivity contribution in [2.45, 2.75) is 37.1 Å². The Morgan fingerprint density at radius 2 is 1.77 bits per heavy atom.